The first-order chi connectivity index (χ1) is 14.3. The number of urea groups is 1. The van der Waals surface area contributed by atoms with Crippen molar-refractivity contribution in [1.82, 2.24) is 14.9 Å². The Morgan fingerprint density at radius 3 is 2.17 bits per heavy atom. The largest absolute Gasteiger partial charge is 0.444 e. The van der Waals surface area contributed by atoms with Gasteiger partial charge in [-0.05, 0) is 62.7 Å². The van der Waals surface area contributed by atoms with Crippen LogP contribution in [0.25, 0.3) is 5.69 Å². The zero-order chi connectivity index (χ0) is 21.6. The van der Waals surface area contributed by atoms with Gasteiger partial charge in [-0.25, -0.2) is 14.6 Å². The number of benzene rings is 2. The molecule has 0 bridgehead atoms. The average Bonchev–Trinajstić information content (AvgIpc) is 3.22. The molecule has 30 heavy (non-hydrogen) atoms. The molecule has 156 valence electrons. The minimum Gasteiger partial charge on any atom is -0.444 e. The maximum absolute atomic E-state index is 12.1. The summed E-state index contributed by atoms with van der Waals surface area (Å²) in [6.45, 7) is 5.79. The van der Waals surface area contributed by atoms with Crippen molar-refractivity contribution in [3.05, 3.63) is 72.8 Å². The van der Waals surface area contributed by atoms with Gasteiger partial charge in [-0.1, -0.05) is 12.1 Å². The quantitative estimate of drug-likeness (QED) is 0.578. The number of rotatable bonds is 5. The van der Waals surface area contributed by atoms with Crippen molar-refractivity contribution in [2.45, 2.75) is 32.9 Å². The highest BCUT2D eigenvalue weighted by Gasteiger charge is 2.16. The Morgan fingerprint density at radius 2 is 1.60 bits per heavy atom. The van der Waals surface area contributed by atoms with Gasteiger partial charge < -0.3 is 19.9 Å². The highest BCUT2D eigenvalue weighted by molar-refractivity contribution is 5.90. The van der Waals surface area contributed by atoms with Crippen LogP contribution in [-0.2, 0) is 11.3 Å². The summed E-state index contributed by atoms with van der Waals surface area (Å²) in [5, 5.41) is 8.22. The molecular weight excluding hydrogens is 382 g/mol. The topological polar surface area (TPSA) is 97.3 Å². The van der Waals surface area contributed by atoms with Crippen molar-refractivity contribution >= 4 is 23.5 Å². The van der Waals surface area contributed by atoms with E-state index in [1.807, 2.05) is 35.0 Å². The van der Waals surface area contributed by atoms with E-state index in [0.29, 0.717) is 17.9 Å². The molecule has 8 heteroatoms. The molecule has 3 N–H and O–H groups in total. The average molecular weight is 407 g/mol. The van der Waals surface area contributed by atoms with E-state index in [0.717, 1.165) is 11.3 Å². The number of hydrogen-bond donors (Lipinski definition) is 3. The van der Waals surface area contributed by atoms with Crippen LogP contribution in [0.3, 0.4) is 0 Å². The number of carbonyl (C=O) groups is 2. The molecule has 0 aliphatic rings. The van der Waals surface area contributed by atoms with Gasteiger partial charge in [0, 0.05) is 36.0 Å². The molecule has 0 saturated carbocycles. The van der Waals surface area contributed by atoms with Crippen molar-refractivity contribution in [1.29, 1.82) is 0 Å². The first kappa shape index (κ1) is 20.9. The predicted molar refractivity (Wildman–Crippen MR) is 116 cm³/mol. The Morgan fingerprint density at radius 1 is 0.967 bits per heavy atom. The van der Waals surface area contributed by atoms with Crippen LogP contribution >= 0.6 is 0 Å². The molecule has 0 atom stereocenters. The van der Waals surface area contributed by atoms with E-state index >= 15 is 0 Å². The number of nitrogens with one attached hydrogen (secondary N) is 3. The molecule has 0 spiro atoms. The van der Waals surface area contributed by atoms with Crippen LogP contribution in [0.4, 0.5) is 21.0 Å². The van der Waals surface area contributed by atoms with Gasteiger partial charge in [0.25, 0.3) is 0 Å². The Hall–Kier alpha value is -3.81. The lowest BCUT2D eigenvalue weighted by molar-refractivity contribution is 0.0636. The molecule has 0 unspecified atom stereocenters. The summed E-state index contributed by atoms with van der Waals surface area (Å²) in [6.07, 6.45) is 4.80. The molecule has 8 nitrogen and oxygen atoms in total. The third kappa shape index (κ3) is 6.37. The molecule has 1 heterocycles. The Kier molecular flexibility index (Phi) is 6.36. The van der Waals surface area contributed by atoms with Gasteiger partial charge in [-0.2, -0.15) is 0 Å². The highest BCUT2D eigenvalue weighted by atomic mass is 16.6. The first-order valence-electron chi connectivity index (χ1n) is 9.51. The smallest absolute Gasteiger partial charge is 0.412 e. The molecule has 0 aliphatic heterocycles. The van der Waals surface area contributed by atoms with Crippen LogP contribution in [-0.4, -0.2) is 27.3 Å². The van der Waals surface area contributed by atoms with E-state index < -0.39 is 11.7 Å². The third-order valence-corrected chi connectivity index (χ3v) is 3.98. The minimum atomic E-state index is -0.566. The van der Waals surface area contributed by atoms with Crippen LogP contribution in [0.1, 0.15) is 26.3 Å². The number of amides is 3. The van der Waals surface area contributed by atoms with Crippen molar-refractivity contribution < 1.29 is 14.3 Å². The molecular formula is C22H25N5O3. The predicted octanol–water partition coefficient (Wildman–Crippen LogP) is 4.54. The molecule has 0 fully saturated rings. The van der Waals surface area contributed by atoms with Gasteiger partial charge in [0.2, 0.25) is 0 Å². The number of imidazole rings is 1. The summed E-state index contributed by atoms with van der Waals surface area (Å²) in [5.74, 6) is 0. The summed E-state index contributed by atoms with van der Waals surface area (Å²) in [4.78, 5) is 27.9. The molecule has 3 amide bonds. The Bertz CT molecular complexity index is 975. The number of nitrogens with zero attached hydrogens (tertiary/aromatic N) is 2. The van der Waals surface area contributed by atoms with Gasteiger partial charge in [0.15, 0.2) is 0 Å². The monoisotopic (exact) mass is 407 g/mol. The third-order valence-electron chi connectivity index (χ3n) is 3.98. The van der Waals surface area contributed by atoms with E-state index in [2.05, 4.69) is 20.9 Å². The maximum atomic E-state index is 12.1. The first-order valence-corrected chi connectivity index (χ1v) is 9.51. The molecule has 3 rings (SSSR count). The van der Waals surface area contributed by atoms with Gasteiger partial charge >= 0.3 is 12.1 Å². The van der Waals surface area contributed by atoms with E-state index in [4.69, 9.17) is 4.74 Å². The van der Waals surface area contributed by atoms with E-state index in [1.54, 1.807) is 57.6 Å². The van der Waals surface area contributed by atoms with Gasteiger partial charge in [0.1, 0.15) is 5.60 Å². The van der Waals surface area contributed by atoms with Crippen molar-refractivity contribution in [2.75, 3.05) is 10.6 Å². The fraction of sp³-hybridized carbons (Fsp3) is 0.227. The molecule has 0 radical (unpaired) electrons. The van der Waals surface area contributed by atoms with Crippen LogP contribution in [0.5, 0.6) is 0 Å². The molecule has 3 aromatic rings. The van der Waals surface area contributed by atoms with Gasteiger partial charge in [-0.3, -0.25) is 5.32 Å². The Labute approximate surface area is 175 Å². The molecule has 0 saturated heterocycles. The number of aromatic nitrogens is 2. The second kappa shape index (κ2) is 9.13. The fourth-order valence-electron chi connectivity index (χ4n) is 2.61. The summed E-state index contributed by atoms with van der Waals surface area (Å²) >= 11 is 0. The summed E-state index contributed by atoms with van der Waals surface area (Å²) in [5.41, 5.74) is 2.60. The Balaban J connectivity index is 1.46. The lowest BCUT2D eigenvalue weighted by atomic mass is 10.2. The lowest BCUT2D eigenvalue weighted by Crippen LogP contribution is -2.28. The zero-order valence-corrected chi connectivity index (χ0v) is 17.2. The second-order valence-corrected chi connectivity index (χ2v) is 7.65. The summed E-state index contributed by atoms with van der Waals surface area (Å²) < 4.78 is 7.11. The normalized spacial score (nSPS) is 10.9. The number of hydrogen-bond acceptors (Lipinski definition) is 4. The van der Waals surface area contributed by atoms with E-state index in [9.17, 15) is 9.59 Å². The molecule has 0 aliphatic carbocycles. The molecule has 2 aromatic carbocycles. The zero-order valence-electron chi connectivity index (χ0n) is 17.2. The summed E-state index contributed by atoms with van der Waals surface area (Å²) in [7, 11) is 0. The lowest BCUT2D eigenvalue weighted by Gasteiger charge is -2.19. The fourth-order valence-corrected chi connectivity index (χ4v) is 2.61. The number of carbonyl (C=O) groups excluding carboxylic acids is 2. The van der Waals surface area contributed by atoms with Crippen molar-refractivity contribution in [3.8, 4) is 5.69 Å². The standard InChI is InChI=1S/C22H25N5O3/c1-22(2,3)30-21(29)26-18-8-6-17(7-9-18)25-20(28)24-14-16-4-10-19(11-5-16)27-13-12-23-15-27/h4-13,15H,14H2,1-3H3,(H,26,29)(H2,24,25,28). The second-order valence-electron chi connectivity index (χ2n) is 7.65. The van der Waals surface area contributed by atoms with Gasteiger partial charge in [-0.15, -0.1) is 0 Å². The number of ether oxygens (including phenoxy) is 1. The maximum Gasteiger partial charge on any atom is 0.412 e. The SMILES string of the molecule is CC(C)(C)OC(=O)Nc1ccc(NC(=O)NCc2ccc(-n3ccnc3)cc2)cc1. The highest BCUT2D eigenvalue weighted by Crippen LogP contribution is 2.15. The van der Waals surface area contributed by atoms with Crippen LogP contribution < -0.4 is 16.0 Å². The van der Waals surface area contributed by atoms with Crippen LogP contribution in [0, 0.1) is 0 Å². The minimum absolute atomic E-state index is 0.318. The summed E-state index contributed by atoms with van der Waals surface area (Å²) in [6, 6.07) is 14.3. The van der Waals surface area contributed by atoms with Crippen LogP contribution in [0.15, 0.2) is 67.3 Å². The van der Waals surface area contributed by atoms with E-state index in [-0.39, 0.29) is 6.03 Å². The van der Waals surface area contributed by atoms with Gasteiger partial charge in [0.05, 0.1) is 6.33 Å². The number of anilines is 2. The van der Waals surface area contributed by atoms with Crippen molar-refractivity contribution in [3.63, 3.8) is 0 Å². The van der Waals surface area contributed by atoms with Crippen molar-refractivity contribution in [2.24, 2.45) is 0 Å². The molecule has 1 aromatic heterocycles. The van der Waals surface area contributed by atoms with E-state index in [1.165, 1.54) is 0 Å². The van der Waals surface area contributed by atoms with Crippen LogP contribution in [0.2, 0.25) is 0 Å².